The van der Waals surface area contributed by atoms with Gasteiger partial charge in [0, 0.05) is 19.5 Å². The molecule has 1 aliphatic heterocycles. The van der Waals surface area contributed by atoms with Crippen molar-refractivity contribution >= 4 is 17.3 Å². The van der Waals surface area contributed by atoms with Crippen LogP contribution in [0.5, 0.6) is 0 Å². The van der Waals surface area contributed by atoms with Crippen molar-refractivity contribution in [2.45, 2.75) is 19.4 Å². The van der Waals surface area contributed by atoms with Crippen molar-refractivity contribution in [1.29, 1.82) is 5.26 Å². The number of amides is 1. The van der Waals surface area contributed by atoms with E-state index in [1.807, 2.05) is 53.4 Å². The fourth-order valence-electron chi connectivity index (χ4n) is 2.74. The first-order valence-electron chi connectivity index (χ1n) is 7.41. The molecule has 4 heteroatoms. The van der Waals surface area contributed by atoms with E-state index in [1.165, 1.54) is 0 Å². The van der Waals surface area contributed by atoms with E-state index in [1.54, 1.807) is 0 Å². The van der Waals surface area contributed by atoms with Crippen LogP contribution in [0.3, 0.4) is 0 Å². The minimum Gasteiger partial charge on any atom is -0.379 e. The van der Waals surface area contributed by atoms with Gasteiger partial charge in [-0.3, -0.25) is 4.79 Å². The normalized spacial score (nSPS) is 14.0. The van der Waals surface area contributed by atoms with Crippen LogP contribution in [0.2, 0.25) is 0 Å². The standard InChI is InChI=1S/C18H17N3O/c19-12-14-6-1-2-7-15(14)13-20-16-8-3-4-9-17(16)21-11-5-10-18(21)22/h1-4,6-9,20H,5,10-11,13H2. The second-order valence-corrected chi connectivity index (χ2v) is 5.29. The molecule has 2 aromatic rings. The van der Waals surface area contributed by atoms with Crippen LogP contribution >= 0.6 is 0 Å². The van der Waals surface area contributed by atoms with Gasteiger partial charge in [-0.25, -0.2) is 0 Å². The van der Waals surface area contributed by atoms with E-state index < -0.39 is 0 Å². The van der Waals surface area contributed by atoms with Gasteiger partial charge in [0.15, 0.2) is 0 Å². The Labute approximate surface area is 130 Å². The Kier molecular flexibility index (Phi) is 4.06. The molecular formula is C18H17N3O. The van der Waals surface area contributed by atoms with Gasteiger partial charge >= 0.3 is 0 Å². The number of anilines is 2. The number of nitrogens with zero attached hydrogens (tertiary/aromatic N) is 2. The average Bonchev–Trinajstić information content (AvgIpc) is 2.99. The lowest BCUT2D eigenvalue weighted by molar-refractivity contribution is -0.117. The van der Waals surface area contributed by atoms with Crippen molar-refractivity contribution in [1.82, 2.24) is 0 Å². The first-order valence-corrected chi connectivity index (χ1v) is 7.41. The van der Waals surface area contributed by atoms with Crippen LogP contribution in [-0.4, -0.2) is 12.5 Å². The van der Waals surface area contributed by atoms with Gasteiger partial charge in [-0.2, -0.15) is 5.26 Å². The summed E-state index contributed by atoms with van der Waals surface area (Å²) in [6.07, 6.45) is 1.52. The van der Waals surface area contributed by atoms with Gasteiger partial charge in [-0.05, 0) is 30.2 Å². The zero-order chi connectivity index (χ0) is 15.4. The predicted molar refractivity (Wildman–Crippen MR) is 86.5 cm³/mol. The molecule has 1 N–H and O–H groups in total. The van der Waals surface area contributed by atoms with Crippen LogP contribution in [0.25, 0.3) is 0 Å². The van der Waals surface area contributed by atoms with Crippen molar-refractivity contribution in [3.05, 3.63) is 59.7 Å². The number of hydrogen-bond acceptors (Lipinski definition) is 3. The van der Waals surface area contributed by atoms with Crippen LogP contribution in [0.4, 0.5) is 11.4 Å². The van der Waals surface area contributed by atoms with E-state index >= 15 is 0 Å². The van der Waals surface area contributed by atoms with Gasteiger partial charge in [0.2, 0.25) is 5.91 Å². The maximum Gasteiger partial charge on any atom is 0.227 e. The lowest BCUT2D eigenvalue weighted by Crippen LogP contribution is -2.24. The summed E-state index contributed by atoms with van der Waals surface area (Å²) in [6.45, 7) is 1.33. The van der Waals surface area contributed by atoms with Gasteiger partial charge in [0.1, 0.15) is 0 Å². The number of carbonyl (C=O) groups is 1. The van der Waals surface area contributed by atoms with Gasteiger partial charge in [-0.15, -0.1) is 0 Å². The van der Waals surface area contributed by atoms with E-state index in [0.29, 0.717) is 18.5 Å². The van der Waals surface area contributed by atoms with Gasteiger partial charge in [0.25, 0.3) is 0 Å². The second kappa shape index (κ2) is 6.31. The topological polar surface area (TPSA) is 56.1 Å². The summed E-state index contributed by atoms with van der Waals surface area (Å²) in [5.41, 5.74) is 3.46. The molecule has 0 bridgehead atoms. The SMILES string of the molecule is N#Cc1ccccc1CNc1ccccc1N1CCCC1=O. The first-order chi connectivity index (χ1) is 10.8. The molecule has 0 atom stereocenters. The summed E-state index contributed by atoms with van der Waals surface area (Å²) < 4.78 is 0. The molecule has 1 amide bonds. The molecule has 4 nitrogen and oxygen atoms in total. The molecule has 2 aromatic carbocycles. The zero-order valence-corrected chi connectivity index (χ0v) is 12.2. The van der Waals surface area contributed by atoms with Crippen LogP contribution in [-0.2, 0) is 11.3 Å². The Morgan fingerprint density at radius 3 is 2.68 bits per heavy atom. The van der Waals surface area contributed by atoms with Crippen molar-refractivity contribution in [3.63, 3.8) is 0 Å². The fraction of sp³-hybridized carbons (Fsp3) is 0.222. The van der Waals surface area contributed by atoms with E-state index in [2.05, 4.69) is 11.4 Å². The molecule has 3 rings (SSSR count). The zero-order valence-electron chi connectivity index (χ0n) is 12.2. The number of rotatable bonds is 4. The Morgan fingerprint density at radius 1 is 1.14 bits per heavy atom. The quantitative estimate of drug-likeness (QED) is 0.940. The average molecular weight is 291 g/mol. The lowest BCUT2D eigenvalue weighted by Gasteiger charge is -2.20. The van der Waals surface area contributed by atoms with Gasteiger partial charge in [-0.1, -0.05) is 30.3 Å². The Balaban J connectivity index is 1.81. The van der Waals surface area contributed by atoms with Crippen LogP contribution in [0, 0.1) is 11.3 Å². The second-order valence-electron chi connectivity index (χ2n) is 5.29. The van der Waals surface area contributed by atoms with Crippen molar-refractivity contribution in [2.75, 3.05) is 16.8 Å². The molecule has 0 radical (unpaired) electrons. The highest BCUT2D eigenvalue weighted by Gasteiger charge is 2.23. The summed E-state index contributed by atoms with van der Waals surface area (Å²) >= 11 is 0. The van der Waals surface area contributed by atoms with E-state index in [-0.39, 0.29) is 5.91 Å². The molecular weight excluding hydrogens is 274 g/mol. The third kappa shape index (κ3) is 2.79. The maximum absolute atomic E-state index is 12.0. The Hall–Kier alpha value is -2.80. The summed E-state index contributed by atoms with van der Waals surface area (Å²) in [7, 11) is 0. The minimum atomic E-state index is 0.173. The Bertz CT molecular complexity index is 733. The molecule has 1 fully saturated rings. The number of nitriles is 1. The highest BCUT2D eigenvalue weighted by molar-refractivity contribution is 5.98. The molecule has 0 aromatic heterocycles. The third-order valence-electron chi connectivity index (χ3n) is 3.88. The molecule has 0 saturated carbocycles. The van der Waals surface area contributed by atoms with Crippen LogP contribution in [0.1, 0.15) is 24.0 Å². The highest BCUT2D eigenvalue weighted by Crippen LogP contribution is 2.29. The molecule has 110 valence electrons. The monoisotopic (exact) mass is 291 g/mol. The summed E-state index contributed by atoms with van der Waals surface area (Å²) in [6, 6.07) is 17.6. The molecule has 1 saturated heterocycles. The largest absolute Gasteiger partial charge is 0.379 e. The first kappa shape index (κ1) is 14.2. The maximum atomic E-state index is 12.0. The highest BCUT2D eigenvalue weighted by atomic mass is 16.2. The lowest BCUT2D eigenvalue weighted by atomic mass is 10.1. The van der Waals surface area contributed by atoms with E-state index in [4.69, 9.17) is 5.26 Å². The predicted octanol–water partition coefficient (Wildman–Crippen LogP) is 3.30. The summed E-state index contributed by atoms with van der Waals surface area (Å²) in [5.74, 6) is 0.173. The minimum absolute atomic E-state index is 0.173. The molecule has 1 heterocycles. The number of carbonyl (C=O) groups excluding carboxylic acids is 1. The molecule has 0 spiro atoms. The molecule has 0 unspecified atom stereocenters. The van der Waals surface area contributed by atoms with Crippen molar-refractivity contribution in [2.24, 2.45) is 0 Å². The van der Waals surface area contributed by atoms with Crippen molar-refractivity contribution in [3.8, 4) is 6.07 Å². The summed E-state index contributed by atoms with van der Waals surface area (Å²) in [5, 5.41) is 12.5. The Morgan fingerprint density at radius 2 is 1.91 bits per heavy atom. The van der Waals surface area contributed by atoms with Gasteiger partial charge < -0.3 is 10.2 Å². The third-order valence-corrected chi connectivity index (χ3v) is 3.88. The molecule has 0 aliphatic carbocycles. The number of benzene rings is 2. The number of para-hydroxylation sites is 2. The van der Waals surface area contributed by atoms with Gasteiger partial charge in [0.05, 0.1) is 23.0 Å². The molecule has 1 aliphatic rings. The molecule has 22 heavy (non-hydrogen) atoms. The number of hydrogen-bond donors (Lipinski definition) is 1. The van der Waals surface area contributed by atoms with Crippen LogP contribution in [0.15, 0.2) is 48.5 Å². The summed E-state index contributed by atoms with van der Waals surface area (Å²) in [4.78, 5) is 13.8. The number of nitrogens with one attached hydrogen (secondary N) is 1. The van der Waals surface area contributed by atoms with Crippen molar-refractivity contribution < 1.29 is 4.79 Å². The van der Waals surface area contributed by atoms with E-state index in [9.17, 15) is 4.79 Å². The smallest absolute Gasteiger partial charge is 0.227 e. The van der Waals surface area contributed by atoms with E-state index in [0.717, 1.165) is 29.9 Å². The van der Waals surface area contributed by atoms with Crippen LogP contribution < -0.4 is 10.2 Å². The fourth-order valence-corrected chi connectivity index (χ4v) is 2.74.